The van der Waals surface area contributed by atoms with Gasteiger partial charge in [-0.2, -0.15) is 5.10 Å². The highest BCUT2D eigenvalue weighted by molar-refractivity contribution is 5.73. The van der Waals surface area contributed by atoms with Gasteiger partial charge in [0, 0.05) is 43.8 Å². The average molecular weight is 483 g/mol. The number of carbonyl (C=O) groups is 1. The molecular formula is C26H28F2N4O3. The van der Waals surface area contributed by atoms with Crippen molar-refractivity contribution in [3.05, 3.63) is 83.7 Å². The first-order chi connectivity index (χ1) is 16.9. The first-order valence-corrected chi connectivity index (χ1v) is 11.7. The number of nitrogens with zero attached hydrogens (tertiary/aromatic N) is 2. The third-order valence-electron chi connectivity index (χ3n) is 7.07. The van der Waals surface area contributed by atoms with E-state index in [-0.39, 0.29) is 36.2 Å². The lowest BCUT2D eigenvalue weighted by Gasteiger charge is -2.29. The van der Waals surface area contributed by atoms with Crippen molar-refractivity contribution in [2.24, 2.45) is 11.8 Å². The number of halogens is 2. The highest BCUT2D eigenvalue weighted by Gasteiger charge is 2.68. The van der Waals surface area contributed by atoms with Gasteiger partial charge in [-0.05, 0) is 47.9 Å². The number of hydrogen-bond donors (Lipinski definition) is 3. The molecule has 2 heterocycles. The van der Waals surface area contributed by atoms with Gasteiger partial charge in [-0.25, -0.2) is 13.5 Å². The van der Waals surface area contributed by atoms with Crippen molar-refractivity contribution in [1.29, 1.82) is 0 Å². The van der Waals surface area contributed by atoms with Crippen molar-refractivity contribution in [2.75, 3.05) is 19.8 Å². The van der Waals surface area contributed by atoms with Crippen LogP contribution in [0.15, 0.2) is 60.9 Å². The van der Waals surface area contributed by atoms with Gasteiger partial charge in [0.15, 0.2) is 0 Å². The molecule has 35 heavy (non-hydrogen) atoms. The molecule has 2 aromatic carbocycles. The van der Waals surface area contributed by atoms with Crippen LogP contribution in [0.3, 0.4) is 0 Å². The van der Waals surface area contributed by atoms with E-state index in [0.717, 1.165) is 17.3 Å². The second-order valence-corrected chi connectivity index (χ2v) is 9.36. The first-order valence-electron chi connectivity index (χ1n) is 11.7. The zero-order chi connectivity index (χ0) is 24.6. The van der Waals surface area contributed by atoms with Gasteiger partial charge < -0.3 is 20.5 Å². The van der Waals surface area contributed by atoms with Gasteiger partial charge in [0.2, 0.25) is 5.91 Å². The number of ether oxygens (including phenoxy) is 1. The van der Waals surface area contributed by atoms with E-state index in [4.69, 9.17) is 4.74 Å². The number of carbonyl (C=O) groups excluding carboxylic acids is 1. The summed E-state index contributed by atoms with van der Waals surface area (Å²) in [7, 11) is 0. The average Bonchev–Trinajstić information content (AvgIpc) is 3.25. The zero-order valence-electron chi connectivity index (χ0n) is 19.3. The fraction of sp³-hybridized carbons (Fsp3) is 0.385. The standard InChI is InChI=1S/C26H28F2N4O3/c1-16(33)31-24(10-17-8-19(27)12-20(28)9-17)25(34)13-29-26(22-14-35-15-23(22)26)18-4-2-5-21(11-18)32-7-3-6-30-32/h2-9,11-12,22-25,29,34H,10,13-15H2,1H3,(H,31,33). The van der Waals surface area contributed by atoms with Crippen LogP contribution in [-0.4, -0.2) is 52.7 Å². The Morgan fingerprint density at radius 2 is 1.94 bits per heavy atom. The maximum absolute atomic E-state index is 13.7. The van der Waals surface area contributed by atoms with E-state index in [0.29, 0.717) is 18.8 Å². The molecule has 4 unspecified atom stereocenters. The highest BCUT2D eigenvalue weighted by atomic mass is 19.1. The van der Waals surface area contributed by atoms with Crippen LogP contribution in [0.1, 0.15) is 18.1 Å². The van der Waals surface area contributed by atoms with Crippen molar-refractivity contribution in [1.82, 2.24) is 20.4 Å². The predicted octanol–water partition coefficient (Wildman–Crippen LogP) is 2.32. The van der Waals surface area contributed by atoms with Crippen LogP contribution < -0.4 is 10.6 Å². The Hall–Kier alpha value is -3.14. The van der Waals surface area contributed by atoms with Gasteiger partial charge in [-0.3, -0.25) is 4.79 Å². The van der Waals surface area contributed by atoms with E-state index in [2.05, 4.69) is 27.9 Å². The van der Waals surface area contributed by atoms with Crippen LogP contribution in [0.4, 0.5) is 8.78 Å². The zero-order valence-corrected chi connectivity index (χ0v) is 19.3. The number of nitrogens with one attached hydrogen (secondary N) is 2. The second kappa shape index (κ2) is 9.49. The summed E-state index contributed by atoms with van der Waals surface area (Å²) >= 11 is 0. The molecule has 4 atom stereocenters. The highest BCUT2D eigenvalue weighted by Crippen LogP contribution is 2.61. The van der Waals surface area contributed by atoms with Crippen LogP contribution in [-0.2, 0) is 21.5 Å². The molecule has 1 saturated heterocycles. The first kappa shape index (κ1) is 23.6. The molecule has 1 aromatic heterocycles. The summed E-state index contributed by atoms with van der Waals surface area (Å²) in [5.74, 6) is -1.20. The molecule has 3 N–H and O–H groups in total. The fourth-order valence-electron chi connectivity index (χ4n) is 5.42. The normalized spacial score (nSPS) is 24.6. The number of hydrogen-bond acceptors (Lipinski definition) is 5. The fourth-order valence-corrected chi connectivity index (χ4v) is 5.42. The Labute approximate surface area is 202 Å². The van der Waals surface area contributed by atoms with Gasteiger partial charge >= 0.3 is 0 Å². The number of aliphatic hydroxyl groups is 1. The lowest BCUT2D eigenvalue weighted by atomic mass is 9.97. The topological polar surface area (TPSA) is 88.4 Å². The van der Waals surface area contributed by atoms with Crippen molar-refractivity contribution >= 4 is 5.91 Å². The van der Waals surface area contributed by atoms with E-state index in [1.807, 2.05) is 24.4 Å². The molecule has 7 nitrogen and oxygen atoms in total. The minimum Gasteiger partial charge on any atom is -0.390 e. The van der Waals surface area contributed by atoms with Gasteiger partial charge in [-0.1, -0.05) is 12.1 Å². The monoisotopic (exact) mass is 482 g/mol. The van der Waals surface area contributed by atoms with Gasteiger partial charge in [0.05, 0.1) is 36.6 Å². The van der Waals surface area contributed by atoms with Gasteiger partial charge in [-0.15, -0.1) is 0 Å². The van der Waals surface area contributed by atoms with Crippen molar-refractivity contribution in [3.63, 3.8) is 0 Å². The molecule has 2 aliphatic rings. The summed E-state index contributed by atoms with van der Waals surface area (Å²) in [4.78, 5) is 11.8. The molecular weight excluding hydrogens is 454 g/mol. The molecule has 0 radical (unpaired) electrons. The molecule has 0 bridgehead atoms. The number of rotatable bonds is 9. The number of aromatic nitrogens is 2. The van der Waals surface area contributed by atoms with E-state index < -0.39 is 23.8 Å². The van der Waals surface area contributed by atoms with E-state index in [9.17, 15) is 18.7 Å². The maximum Gasteiger partial charge on any atom is 0.217 e. The molecule has 1 aliphatic carbocycles. The molecule has 0 spiro atoms. The Morgan fingerprint density at radius 1 is 1.20 bits per heavy atom. The van der Waals surface area contributed by atoms with Gasteiger partial charge in [0.1, 0.15) is 11.6 Å². The Kier molecular flexibility index (Phi) is 6.39. The molecule has 3 aromatic rings. The summed E-state index contributed by atoms with van der Waals surface area (Å²) in [5.41, 5.74) is 2.01. The number of amides is 1. The number of aliphatic hydroxyl groups excluding tert-OH is 1. The molecule has 5 rings (SSSR count). The Balaban J connectivity index is 1.35. The third-order valence-corrected chi connectivity index (χ3v) is 7.07. The van der Waals surface area contributed by atoms with E-state index in [1.54, 1.807) is 10.9 Å². The van der Waals surface area contributed by atoms with Gasteiger partial charge in [0.25, 0.3) is 0 Å². The smallest absolute Gasteiger partial charge is 0.217 e. The molecule has 9 heteroatoms. The van der Waals surface area contributed by atoms with Crippen LogP contribution in [0.5, 0.6) is 0 Å². The molecule has 1 saturated carbocycles. The van der Waals surface area contributed by atoms with Crippen LogP contribution in [0.2, 0.25) is 0 Å². The van der Waals surface area contributed by atoms with E-state index in [1.165, 1.54) is 19.1 Å². The van der Waals surface area contributed by atoms with Crippen molar-refractivity contribution < 1.29 is 23.4 Å². The Morgan fingerprint density at radius 3 is 2.60 bits per heavy atom. The van der Waals surface area contributed by atoms with Crippen LogP contribution >= 0.6 is 0 Å². The maximum atomic E-state index is 13.7. The lowest BCUT2D eigenvalue weighted by Crippen LogP contribution is -2.50. The summed E-state index contributed by atoms with van der Waals surface area (Å²) in [6.07, 6.45) is 2.71. The summed E-state index contributed by atoms with van der Waals surface area (Å²) in [6, 6.07) is 12.5. The minimum absolute atomic E-state index is 0.0921. The summed E-state index contributed by atoms with van der Waals surface area (Å²) in [5, 5.41) is 21.7. The molecule has 2 fully saturated rings. The minimum atomic E-state index is -0.987. The largest absolute Gasteiger partial charge is 0.390 e. The van der Waals surface area contributed by atoms with Crippen molar-refractivity contribution in [2.45, 2.75) is 31.0 Å². The SMILES string of the molecule is CC(=O)NC(Cc1cc(F)cc(F)c1)C(O)CNC1(c2cccc(-n3cccn3)c2)C2COCC21. The van der Waals surface area contributed by atoms with E-state index >= 15 is 0 Å². The molecule has 1 amide bonds. The number of fused-ring (bicyclic) bond motifs is 1. The molecule has 184 valence electrons. The lowest BCUT2D eigenvalue weighted by molar-refractivity contribution is -0.120. The van der Waals surface area contributed by atoms with Crippen LogP contribution in [0, 0.1) is 23.5 Å². The summed E-state index contributed by atoms with van der Waals surface area (Å²) in [6.45, 7) is 2.78. The number of benzene rings is 2. The Bertz CT molecular complexity index is 1170. The predicted molar refractivity (Wildman–Crippen MR) is 125 cm³/mol. The third kappa shape index (κ3) is 4.71. The summed E-state index contributed by atoms with van der Waals surface area (Å²) < 4.78 is 34.8. The van der Waals surface area contributed by atoms with Crippen molar-refractivity contribution in [3.8, 4) is 5.69 Å². The molecule has 1 aliphatic heterocycles. The quantitative estimate of drug-likeness (QED) is 0.436. The van der Waals surface area contributed by atoms with Crippen LogP contribution in [0.25, 0.3) is 5.69 Å². The second-order valence-electron chi connectivity index (χ2n) is 9.36.